The number of carboxylic acid groups (broad SMARTS) is 1. The minimum Gasteiger partial charge on any atom is -0.478 e. The molecule has 2 aromatic carbocycles. The number of carboxylic acids is 1. The number of benzene rings is 2. The number of fused-ring (bicyclic) bond motifs is 1. The van der Waals surface area contributed by atoms with Gasteiger partial charge >= 0.3 is 18.4 Å². The van der Waals surface area contributed by atoms with Crippen molar-refractivity contribution in [1.82, 2.24) is 4.98 Å². The number of esters is 1. The molecule has 1 heterocycles. The molecule has 3 aromatic rings. The zero-order valence-electron chi connectivity index (χ0n) is 12.5. The molecule has 0 atom stereocenters. The second-order valence-electron chi connectivity index (χ2n) is 4.55. The molecule has 6 nitrogen and oxygen atoms in total. The Bertz CT molecular complexity index is 810. The van der Waals surface area contributed by atoms with Gasteiger partial charge in [-0.2, -0.15) is 0 Å². The number of carbonyl (C=O) groups excluding carboxylic acids is 2. The maximum atomic E-state index is 11.1. The Balaban J connectivity index is 0.000000182. The van der Waals surface area contributed by atoms with Crippen LogP contribution in [0.2, 0.25) is 0 Å². The van der Waals surface area contributed by atoms with E-state index in [4.69, 9.17) is 5.11 Å². The lowest BCUT2D eigenvalue weighted by Crippen LogP contribution is -2.10. The number of aromatic carboxylic acids is 1. The van der Waals surface area contributed by atoms with Crippen molar-refractivity contribution in [3.05, 3.63) is 78.0 Å². The number of ether oxygens (including phenoxy) is 1. The molecule has 6 heteroatoms. The molecule has 1 aromatic heterocycles. The van der Waals surface area contributed by atoms with Gasteiger partial charge in [-0.3, -0.25) is 9.78 Å². The average molecular weight is 323 g/mol. The molecule has 0 unspecified atom stereocenters. The first-order valence-electron chi connectivity index (χ1n) is 6.90. The van der Waals surface area contributed by atoms with Gasteiger partial charge in [-0.25, -0.2) is 9.59 Å². The van der Waals surface area contributed by atoms with Gasteiger partial charge in [0.05, 0.1) is 16.6 Å². The average Bonchev–Trinajstić information content (AvgIpc) is 2.62. The standard InChI is InChI=1S/C9H7N.C9H6O5/c1-2-6-9-8(4-1)5-3-7-10-9;10-5-14-9(13)7-4-2-1-3-6(7)8(11)12/h1-7H;1-5H,(H,11,12). The summed E-state index contributed by atoms with van der Waals surface area (Å²) < 4.78 is 4.04. The Labute approximate surface area is 137 Å². The fourth-order valence-electron chi connectivity index (χ4n) is 1.97. The van der Waals surface area contributed by atoms with E-state index in [1.165, 1.54) is 29.7 Å². The zero-order chi connectivity index (χ0) is 17.4. The number of carbonyl (C=O) groups is 3. The molecule has 120 valence electrons. The van der Waals surface area contributed by atoms with Crippen molar-refractivity contribution in [3.63, 3.8) is 0 Å². The minimum atomic E-state index is -1.25. The van der Waals surface area contributed by atoms with E-state index in [0.29, 0.717) is 0 Å². The Kier molecular flexibility index (Phi) is 5.74. The maximum Gasteiger partial charge on any atom is 0.346 e. The van der Waals surface area contributed by atoms with Crippen LogP contribution in [0.25, 0.3) is 10.9 Å². The fourth-order valence-corrected chi connectivity index (χ4v) is 1.97. The summed E-state index contributed by atoms with van der Waals surface area (Å²) in [5.41, 5.74) is 0.719. The quantitative estimate of drug-likeness (QED) is 0.452. The van der Waals surface area contributed by atoms with E-state index >= 15 is 0 Å². The minimum absolute atomic E-state index is 0.0407. The van der Waals surface area contributed by atoms with Crippen molar-refractivity contribution in [2.75, 3.05) is 0 Å². The SMILES string of the molecule is O=COC(=O)c1ccccc1C(=O)O.c1ccc2ncccc2c1. The number of rotatable bonds is 3. The Morgan fingerprint density at radius 2 is 1.54 bits per heavy atom. The molecule has 0 fully saturated rings. The van der Waals surface area contributed by atoms with Crippen LogP contribution in [-0.4, -0.2) is 28.5 Å². The van der Waals surface area contributed by atoms with Gasteiger partial charge in [0.2, 0.25) is 0 Å². The highest BCUT2D eigenvalue weighted by atomic mass is 16.6. The summed E-state index contributed by atoms with van der Waals surface area (Å²) in [7, 11) is 0. The Morgan fingerprint density at radius 3 is 2.21 bits per heavy atom. The number of hydrogen-bond donors (Lipinski definition) is 1. The predicted octanol–water partition coefficient (Wildman–Crippen LogP) is 2.93. The third-order valence-corrected chi connectivity index (χ3v) is 3.04. The van der Waals surface area contributed by atoms with Crippen LogP contribution in [0.1, 0.15) is 20.7 Å². The van der Waals surface area contributed by atoms with Crippen molar-refractivity contribution in [3.8, 4) is 0 Å². The maximum absolute atomic E-state index is 11.1. The normalized spacial score (nSPS) is 9.50. The van der Waals surface area contributed by atoms with Gasteiger partial charge in [-0.05, 0) is 24.3 Å². The summed E-state index contributed by atoms with van der Waals surface area (Å²) in [6.07, 6.45) is 1.81. The molecule has 24 heavy (non-hydrogen) atoms. The summed E-state index contributed by atoms with van der Waals surface area (Å²) in [5.74, 6) is -2.22. The molecule has 0 aliphatic heterocycles. The first kappa shape index (κ1) is 16.8. The van der Waals surface area contributed by atoms with Crippen molar-refractivity contribution in [2.45, 2.75) is 0 Å². The summed E-state index contributed by atoms with van der Waals surface area (Å²) >= 11 is 0. The third kappa shape index (κ3) is 4.23. The van der Waals surface area contributed by atoms with Crippen molar-refractivity contribution >= 4 is 29.3 Å². The van der Waals surface area contributed by atoms with E-state index in [2.05, 4.69) is 21.9 Å². The van der Waals surface area contributed by atoms with E-state index < -0.39 is 11.9 Å². The Morgan fingerprint density at radius 1 is 0.917 bits per heavy atom. The lowest BCUT2D eigenvalue weighted by atomic mass is 10.1. The number of nitrogens with zero attached hydrogens (tertiary/aromatic N) is 1. The Hall–Kier alpha value is -3.54. The van der Waals surface area contributed by atoms with Crippen LogP contribution < -0.4 is 0 Å². The topological polar surface area (TPSA) is 93.6 Å². The molecule has 0 saturated heterocycles. The van der Waals surface area contributed by atoms with Crippen LogP contribution in [0.5, 0.6) is 0 Å². The summed E-state index contributed by atoms with van der Waals surface area (Å²) in [6, 6.07) is 17.6. The van der Waals surface area contributed by atoms with E-state index in [9.17, 15) is 14.4 Å². The number of pyridine rings is 1. The molecule has 0 radical (unpaired) electrons. The molecule has 1 N–H and O–H groups in total. The van der Waals surface area contributed by atoms with Crippen LogP contribution in [-0.2, 0) is 9.53 Å². The highest BCUT2D eigenvalue weighted by molar-refractivity contribution is 6.03. The molecule has 0 spiro atoms. The van der Waals surface area contributed by atoms with Crippen LogP contribution in [0.3, 0.4) is 0 Å². The molecule has 0 amide bonds. The van der Waals surface area contributed by atoms with E-state index in [1.807, 2.05) is 30.5 Å². The summed E-state index contributed by atoms with van der Waals surface area (Å²) in [6.45, 7) is -0.0407. The highest BCUT2D eigenvalue weighted by Gasteiger charge is 2.16. The van der Waals surface area contributed by atoms with Crippen LogP contribution in [0.15, 0.2) is 66.9 Å². The van der Waals surface area contributed by atoms with Gasteiger partial charge in [0.25, 0.3) is 0 Å². The van der Waals surface area contributed by atoms with Gasteiger partial charge < -0.3 is 9.84 Å². The monoisotopic (exact) mass is 323 g/mol. The van der Waals surface area contributed by atoms with E-state index in [0.717, 1.165) is 5.52 Å². The molecule has 3 rings (SSSR count). The smallest absolute Gasteiger partial charge is 0.346 e. The van der Waals surface area contributed by atoms with Crippen LogP contribution in [0, 0.1) is 0 Å². The molecule has 0 bridgehead atoms. The zero-order valence-corrected chi connectivity index (χ0v) is 12.5. The van der Waals surface area contributed by atoms with Gasteiger partial charge in [0, 0.05) is 11.6 Å². The van der Waals surface area contributed by atoms with Gasteiger partial charge in [-0.1, -0.05) is 36.4 Å². The lowest BCUT2D eigenvalue weighted by Gasteiger charge is -2.01. The van der Waals surface area contributed by atoms with Crippen molar-refractivity contribution in [2.24, 2.45) is 0 Å². The molecule has 0 saturated carbocycles. The second kappa shape index (κ2) is 8.19. The van der Waals surface area contributed by atoms with Gasteiger partial charge in [0.15, 0.2) is 0 Å². The van der Waals surface area contributed by atoms with Gasteiger partial charge in [0.1, 0.15) is 0 Å². The largest absolute Gasteiger partial charge is 0.478 e. The highest BCUT2D eigenvalue weighted by Crippen LogP contribution is 2.09. The van der Waals surface area contributed by atoms with Crippen LogP contribution in [0.4, 0.5) is 0 Å². The fraction of sp³-hybridized carbons (Fsp3) is 0. The molecular formula is C18H13NO5. The van der Waals surface area contributed by atoms with Crippen molar-refractivity contribution in [1.29, 1.82) is 0 Å². The lowest BCUT2D eigenvalue weighted by molar-refractivity contribution is -0.123. The number of hydrogen-bond acceptors (Lipinski definition) is 5. The first-order chi connectivity index (χ1) is 11.6. The second-order valence-corrected chi connectivity index (χ2v) is 4.55. The van der Waals surface area contributed by atoms with Gasteiger partial charge in [-0.15, -0.1) is 0 Å². The van der Waals surface area contributed by atoms with Crippen LogP contribution >= 0.6 is 0 Å². The summed E-state index contributed by atoms with van der Waals surface area (Å²) in [4.78, 5) is 35.7. The molecule has 0 aliphatic rings. The molecule has 0 aliphatic carbocycles. The number of para-hydroxylation sites is 1. The van der Waals surface area contributed by atoms with E-state index in [1.54, 1.807) is 0 Å². The van der Waals surface area contributed by atoms with Crippen molar-refractivity contribution < 1.29 is 24.2 Å². The number of aromatic nitrogens is 1. The third-order valence-electron chi connectivity index (χ3n) is 3.04. The predicted molar refractivity (Wildman–Crippen MR) is 86.6 cm³/mol. The first-order valence-corrected chi connectivity index (χ1v) is 6.90. The van der Waals surface area contributed by atoms with E-state index in [-0.39, 0.29) is 17.6 Å². The summed E-state index contributed by atoms with van der Waals surface area (Å²) in [5, 5.41) is 9.89. The molecular weight excluding hydrogens is 310 g/mol.